The Morgan fingerprint density at radius 3 is 2.38 bits per heavy atom. The van der Waals surface area contributed by atoms with Crippen LogP contribution in [0.3, 0.4) is 0 Å². The van der Waals surface area contributed by atoms with Crippen LogP contribution in [-0.4, -0.2) is 19.2 Å². The lowest BCUT2D eigenvalue weighted by Gasteiger charge is -2.24. The predicted molar refractivity (Wildman–Crippen MR) is 90.1 cm³/mol. The molecule has 1 aromatic rings. The summed E-state index contributed by atoms with van der Waals surface area (Å²) in [4.78, 5) is 0. The summed E-state index contributed by atoms with van der Waals surface area (Å²) >= 11 is 0. The fraction of sp³-hybridized carbons (Fsp3) is 0.684. The van der Waals surface area contributed by atoms with Gasteiger partial charge in [-0.1, -0.05) is 45.7 Å². The molecule has 0 spiro atoms. The molecule has 1 aliphatic rings. The molecule has 2 atom stereocenters. The number of nitrogens with one attached hydrogen (secondary N) is 1. The van der Waals surface area contributed by atoms with Gasteiger partial charge in [0.15, 0.2) is 0 Å². The maximum atomic E-state index is 6.04. The van der Waals surface area contributed by atoms with Crippen molar-refractivity contribution < 1.29 is 4.74 Å². The molecule has 21 heavy (non-hydrogen) atoms. The van der Waals surface area contributed by atoms with Crippen molar-refractivity contribution in [2.24, 2.45) is 5.92 Å². The van der Waals surface area contributed by atoms with E-state index in [9.17, 15) is 0 Å². The summed E-state index contributed by atoms with van der Waals surface area (Å²) in [6.07, 6.45) is 6.67. The third-order valence-electron chi connectivity index (χ3n) is 4.93. The Balaban J connectivity index is 1.87. The van der Waals surface area contributed by atoms with Crippen molar-refractivity contribution in [3.63, 3.8) is 0 Å². The number of benzene rings is 1. The molecule has 0 saturated heterocycles. The summed E-state index contributed by atoms with van der Waals surface area (Å²) in [6, 6.07) is 9.17. The molecule has 2 rings (SSSR count). The molecule has 1 saturated carbocycles. The van der Waals surface area contributed by atoms with Crippen LogP contribution >= 0.6 is 0 Å². The highest BCUT2D eigenvalue weighted by Crippen LogP contribution is 2.28. The van der Waals surface area contributed by atoms with Crippen LogP contribution in [0.25, 0.3) is 0 Å². The average molecular weight is 289 g/mol. The molecule has 2 nitrogen and oxygen atoms in total. The first kappa shape index (κ1) is 16.4. The first-order valence-electron chi connectivity index (χ1n) is 8.70. The Kier molecular flexibility index (Phi) is 6.56. The van der Waals surface area contributed by atoms with Gasteiger partial charge < -0.3 is 10.1 Å². The Morgan fingerprint density at radius 1 is 1.14 bits per heavy atom. The maximum absolute atomic E-state index is 6.04. The Hall–Kier alpha value is -1.02. The molecule has 118 valence electrons. The van der Waals surface area contributed by atoms with Gasteiger partial charge in [0, 0.05) is 6.04 Å². The van der Waals surface area contributed by atoms with Gasteiger partial charge in [-0.15, -0.1) is 0 Å². The monoisotopic (exact) mass is 289 g/mol. The normalized spacial score (nSPS) is 18.6. The summed E-state index contributed by atoms with van der Waals surface area (Å²) in [6.45, 7) is 8.51. The SMILES string of the molecule is CCNC(COc1ccc(C(C)CC)cc1)C1CCCC1. The maximum Gasteiger partial charge on any atom is 0.119 e. The highest BCUT2D eigenvalue weighted by Gasteiger charge is 2.24. The van der Waals surface area contributed by atoms with Gasteiger partial charge in [0.1, 0.15) is 12.4 Å². The molecule has 2 heteroatoms. The predicted octanol–water partition coefficient (Wildman–Crippen LogP) is 4.75. The molecule has 0 radical (unpaired) electrons. The highest BCUT2D eigenvalue weighted by molar-refractivity contribution is 5.29. The minimum Gasteiger partial charge on any atom is -0.492 e. The van der Waals surface area contributed by atoms with Gasteiger partial charge in [-0.3, -0.25) is 0 Å². The van der Waals surface area contributed by atoms with E-state index in [1.807, 2.05) is 0 Å². The molecule has 0 aromatic heterocycles. The smallest absolute Gasteiger partial charge is 0.119 e. The third kappa shape index (κ3) is 4.74. The van der Waals surface area contributed by atoms with Crippen molar-refractivity contribution in [2.45, 2.75) is 64.8 Å². The van der Waals surface area contributed by atoms with E-state index in [0.29, 0.717) is 12.0 Å². The number of likely N-dealkylation sites (N-methyl/N-ethyl adjacent to an activating group) is 1. The Morgan fingerprint density at radius 2 is 1.81 bits per heavy atom. The van der Waals surface area contributed by atoms with Gasteiger partial charge in [-0.2, -0.15) is 0 Å². The van der Waals surface area contributed by atoms with Crippen LogP contribution in [0.4, 0.5) is 0 Å². The molecular weight excluding hydrogens is 258 g/mol. The third-order valence-corrected chi connectivity index (χ3v) is 4.93. The van der Waals surface area contributed by atoms with Gasteiger partial charge in [0.05, 0.1) is 0 Å². The van der Waals surface area contributed by atoms with Crippen LogP contribution in [0.1, 0.15) is 64.4 Å². The lowest BCUT2D eigenvalue weighted by molar-refractivity contribution is 0.219. The molecular formula is C19H31NO. The van der Waals surface area contributed by atoms with E-state index in [4.69, 9.17) is 4.74 Å². The van der Waals surface area contributed by atoms with Gasteiger partial charge >= 0.3 is 0 Å². The zero-order valence-electron chi connectivity index (χ0n) is 13.9. The lowest BCUT2D eigenvalue weighted by Crippen LogP contribution is -2.40. The summed E-state index contributed by atoms with van der Waals surface area (Å²) < 4.78 is 6.04. The van der Waals surface area contributed by atoms with E-state index < -0.39 is 0 Å². The molecule has 1 fully saturated rings. The van der Waals surface area contributed by atoms with Crippen molar-refractivity contribution in [3.8, 4) is 5.75 Å². The van der Waals surface area contributed by atoms with E-state index in [1.165, 1.54) is 37.7 Å². The molecule has 2 unspecified atom stereocenters. The summed E-state index contributed by atoms with van der Waals surface area (Å²) in [7, 11) is 0. The molecule has 0 heterocycles. The minimum absolute atomic E-state index is 0.506. The molecule has 0 bridgehead atoms. The first-order valence-corrected chi connectivity index (χ1v) is 8.70. The molecule has 1 aliphatic carbocycles. The van der Waals surface area contributed by atoms with Crippen LogP contribution < -0.4 is 10.1 Å². The second-order valence-electron chi connectivity index (χ2n) is 6.40. The first-order chi connectivity index (χ1) is 10.2. The van der Waals surface area contributed by atoms with Crippen molar-refractivity contribution in [1.82, 2.24) is 5.32 Å². The van der Waals surface area contributed by atoms with Crippen molar-refractivity contribution in [3.05, 3.63) is 29.8 Å². The summed E-state index contributed by atoms with van der Waals surface area (Å²) in [5.74, 6) is 2.43. The highest BCUT2D eigenvalue weighted by atomic mass is 16.5. The van der Waals surface area contributed by atoms with E-state index in [2.05, 4.69) is 50.4 Å². The van der Waals surface area contributed by atoms with Crippen LogP contribution in [0.5, 0.6) is 5.75 Å². The molecule has 0 aliphatic heterocycles. The Labute approximate surface area is 130 Å². The largest absolute Gasteiger partial charge is 0.492 e. The average Bonchev–Trinajstić information content (AvgIpc) is 3.05. The van der Waals surface area contributed by atoms with E-state index in [1.54, 1.807) is 0 Å². The zero-order valence-corrected chi connectivity index (χ0v) is 13.9. The van der Waals surface area contributed by atoms with E-state index >= 15 is 0 Å². The van der Waals surface area contributed by atoms with Gasteiger partial charge in [0.2, 0.25) is 0 Å². The second-order valence-corrected chi connectivity index (χ2v) is 6.40. The quantitative estimate of drug-likeness (QED) is 0.746. The van der Waals surface area contributed by atoms with Crippen molar-refractivity contribution in [1.29, 1.82) is 0 Å². The van der Waals surface area contributed by atoms with Crippen molar-refractivity contribution >= 4 is 0 Å². The second kappa shape index (κ2) is 8.43. The van der Waals surface area contributed by atoms with E-state index in [0.717, 1.165) is 24.8 Å². The molecule has 0 amide bonds. The van der Waals surface area contributed by atoms with Gasteiger partial charge in [0.25, 0.3) is 0 Å². The fourth-order valence-corrected chi connectivity index (χ4v) is 3.30. The molecule has 1 aromatic carbocycles. The number of rotatable bonds is 8. The van der Waals surface area contributed by atoms with E-state index in [-0.39, 0.29) is 0 Å². The van der Waals surface area contributed by atoms with Gasteiger partial charge in [-0.25, -0.2) is 0 Å². The lowest BCUT2D eigenvalue weighted by atomic mass is 9.98. The van der Waals surface area contributed by atoms with Crippen LogP contribution in [0.2, 0.25) is 0 Å². The zero-order chi connectivity index (χ0) is 15.1. The minimum atomic E-state index is 0.506. The van der Waals surface area contributed by atoms with Crippen LogP contribution in [0.15, 0.2) is 24.3 Å². The fourth-order valence-electron chi connectivity index (χ4n) is 3.30. The van der Waals surface area contributed by atoms with Crippen molar-refractivity contribution in [2.75, 3.05) is 13.2 Å². The van der Waals surface area contributed by atoms with Crippen LogP contribution in [0, 0.1) is 5.92 Å². The van der Waals surface area contributed by atoms with Gasteiger partial charge in [-0.05, 0) is 55.3 Å². The summed E-state index contributed by atoms with van der Waals surface area (Å²) in [5, 5.41) is 3.61. The number of hydrogen-bond acceptors (Lipinski definition) is 2. The number of hydrogen-bond donors (Lipinski definition) is 1. The molecule has 1 N–H and O–H groups in total. The standard InChI is InChI=1S/C19H31NO/c1-4-15(3)16-10-12-18(13-11-16)21-14-19(20-5-2)17-8-6-7-9-17/h10-13,15,17,19-20H,4-9,14H2,1-3H3. The number of ether oxygens (including phenoxy) is 1. The Bertz CT molecular complexity index is 395. The summed E-state index contributed by atoms with van der Waals surface area (Å²) in [5.41, 5.74) is 1.41. The van der Waals surface area contributed by atoms with Crippen LogP contribution in [-0.2, 0) is 0 Å². The topological polar surface area (TPSA) is 21.3 Å².